The Morgan fingerprint density at radius 3 is 3.00 bits per heavy atom. The van der Waals surface area contributed by atoms with Crippen LogP contribution in [0.5, 0.6) is 0 Å². The average Bonchev–Trinajstić information content (AvgIpc) is 2.15. The summed E-state index contributed by atoms with van der Waals surface area (Å²) in [5.74, 6) is 0.443. The summed E-state index contributed by atoms with van der Waals surface area (Å²) in [7, 11) is 0. The fraction of sp³-hybridized carbons (Fsp3) is 0.444. The Labute approximate surface area is 83.5 Å². The van der Waals surface area contributed by atoms with Gasteiger partial charge in [-0.05, 0) is 19.9 Å². The number of guanidine groups is 1. The molecule has 14 heavy (non-hydrogen) atoms. The minimum atomic E-state index is 0.296. The lowest BCUT2D eigenvalue weighted by molar-refractivity contribution is 0.722. The lowest BCUT2D eigenvalue weighted by atomic mass is 10.4. The standard InChI is InChI=1S/C9H15N5/c1-7(2)14-9(10)12-5-8-3-4-11-6-13-8/h3-4,6-7H,5H2,1-2H3,(H3,10,12,14). The van der Waals surface area contributed by atoms with Gasteiger partial charge in [-0.25, -0.2) is 15.0 Å². The van der Waals surface area contributed by atoms with E-state index in [1.165, 1.54) is 6.33 Å². The van der Waals surface area contributed by atoms with E-state index in [1.807, 2.05) is 19.9 Å². The molecule has 0 aliphatic heterocycles. The van der Waals surface area contributed by atoms with Crippen molar-refractivity contribution in [2.24, 2.45) is 10.7 Å². The Morgan fingerprint density at radius 2 is 2.43 bits per heavy atom. The molecule has 0 saturated carbocycles. The molecule has 0 bridgehead atoms. The van der Waals surface area contributed by atoms with Crippen LogP contribution in [0.1, 0.15) is 19.5 Å². The zero-order chi connectivity index (χ0) is 10.4. The number of aliphatic imine (C=N–C) groups is 1. The van der Waals surface area contributed by atoms with Crippen LogP contribution in [0.2, 0.25) is 0 Å². The van der Waals surface area contributed by atoms with Crippen LogP contribution >= 0.6 is 0 Å². The van der Waals surface area contributed by atoms with E-state index >= 15 is 0 Å². The molecule has 5 nitrogen and oxygen atoms in total. The lowest BCUT2D eigenvalue weighted by Crippen LogP contribution is -2.36. The molecule has 1 heterocycles. The normalized spacial score (nSPS) is 11.8. The molecular weight excluding hydrogens is 178 g/mol. The van der Waals surface area contributed by atoms with Gasteiger partial charge in [0.15, 0.2) is 5.96 Å². The van der Waals surface area contributed by atoms with E-state index in [0.29, 0.717) is 18.5 Å². The van der Waals surface area contributed by atoms with Crippen LogP contribution in [-0.4, -0.2) is 22.0 Å². The van der Waals surface area contributed by atoms with Gasteiger partial charge in [0.25, 0.3) is 0 Å². The first kappa shape index (κ1) is 10.4. The van der Waals surface area contributed by atoms with Crippen molar-refractivity contribution in [3.05, 3.63) is 24.3 Å². The molecule has 1 aromatic heterocycles. The second kappa shape index (κ2) is 5.16. The lowest BCUT2D eigenvalue weighted by Gasteiger charge is -2.07. The minimum Gasteiger partial charge on any atom is -0.370 e. The first-order chi connectivity index (χ1) is 6.68. The fourth-order valence-electron chi connectivity index (χ4n) is 0.919. The highest BCUT2D eigenvalue weighted by molar-refractivity contribution is 5.77. The van der Waals surface area contributed by atoms with Gasteiger partial charge in [-0.15, -0.1) is 0 Å². The third-order valence-electron chi connectivity index (χ3n) is 1.49. The summed E-state index contributed by atoms with van der Waals surface area (Å²) in [6, 6.07) is 2.11. The Kier molecular flexibility index (Phi) is 3.84. The van der Waals surface area contributed by atoms with Crippen molar-refractivity contribution < 1.29 is 0 Å². The van der Waals surface area contributed by atoms with Gasteiger partial charge in [0.2, 0.25) is 0 Å². The van der Waals surface area contributed by atoms with Crippen molar-refractivity contribution in [1.82, 2.24) is 15.3 Å². The molecule has 0 aromatic carbocycles. The highest BCUT2D eigenvalue weighted by Crippen LogP contribution is 1.92. The van der Waals surface area contributed by atoms with Crippen molar-refractivity contribution in [2.45, 2.75) is 26.4 Å². The molecule has 1 rings (SSSR count). The summed E-state index contributed by atoms with van der Waals surface area (Å²) in [6.45, 7) is 4.49. The van der Waals surface area contributed by atoms with E-state index in [0.717, 1.165) is 5.69 Å². The number of nitrogens with two attached hydrogens (primary N) is 1. The van der Waals surface area contributed by atoms with Crippen molar-refractivity contribution in [3.63, 3.8) is 0 Å². The summed E-state index contributed by atoms with van der Waals surface area (Å²) in [6.07, 6.45) is 3.18. The number of rotatable bonds is 3. The fourth-order valence-corrected chi connectivity index (χ4v) is 0.919. The minimum absolute atomic E-state index is 0.296. The summed E-state index contributed by atoms with van der Waals surface area (Å²) >= 11 is 0. The predicted octanol–water partition coefficient (Wildman–Crippen LogP) is 0.289. The van der Waals surface area contributed by atoms with Crippen molar-refractivity contribution >= 4 is 5.96 Å². The van der Waals surface area contributed by atoms with Crippen molar-refractivity contribution in [2.75, 3.05) is 0 Å². The number of hydrogen-bond acceptors (Lipinski definition) is 3. The molecule has 0 atom stereocenters. The first-order valence-corrected chi connectivity index (χ1v) is 4.50. The van der Waals surface area contributed by atoms with Gasteiger partial charge in [-0.3, -0.25) is 0 Å². The highest BCUT2D eigenvalue weighted by Gasteiger charge is 1.95. The van der Waals surface area contributed by atoms with Gasteiger partial charge in [-0.2, -0.15) is 0 Å². The van der Waals surface area contributed by atoms with Crippen LogP contribution < -0.4 is 11.1 Å². The zero-order valence-electron chi connectivity index (χ0n) is 8.44. The van der Waals surface area contributed by atoms with Gasteiger partial charge in [0, 0.05) is 12.2 Å². The second-order valence-electron chi connectivity index (χ2n) is 3.20. The maximum absolute atomic E-state index is 5.62. The van der Waals surface area contributed by atoms with Crippen LogP contribution in [0.3, 0.4) is 0 Å². The number of aromatic nitrogens is 2. The Bertz CT molecular complexity index is 293. The van der Waals surface area contributed by atoms with E-state index < -0.39 is 0 Å². The van der Waals surface area contributed by atoms with E-state index in [9.17, 15) is 0 Å². The Hall–Kier alpha value is -1.65. The predicted molar refractivity (Wildman–Crippen MR) is 55.6 cm³/mol. The quantitative estimate of drug-likeness (QED) is 0.534. The van der Waals surface area contributed by atoms with Crippen molar-refractivity contribution in [3.8, 4) is 0 Å². The van der Waals surface area contributed by atoms with E-state index in [4.69, 9.17) is 5.73 Å². The smallest absolute Gasteiger partial charge is 0.189 e. The third-order valence-corrected chi connectivity index (χ3v) is 1.49. The molecule has 3 N–H and O–H groups in total. The summed E-state index contributed by atoms with van der Waals surface area (Å²) in [5.41, 5.74) is 6.47. The molecule has 0 radical (unpaired) electrons. The van der Waals surface area contributed by atoms with Crippen LogP contribution in [0.25, 0.3) is 0 Å². The maximum Gasteiger partial charge on any atom is 0.189 e. The number of nitrogens with zero attached hydrogens (tertiary/aromatic N) is 3. The molecule has 0 spiro atoms. The summed E-state index contributed by atoms with van der Waals surface area (Å²) in [4.78, 5) is 12.0. The van der Waals surface area contributed by atoms with Gasteiger partial charge in [0.05, 0.1) is 12.2 Å². The largest absolute Gasteiger partial charge is 0.370 e. The molecule has 0 aliphatic rings. The molecule has 76 valence electrons. The van der Waals surface area contributed by atoms with E-state index in [2.05, 4.69) is 20.3 Å². The topological polar surface area (TPSA) is 76.2 Å². The molecule has 0 saturated heterocycles. The van der Waals surface area contributed by atoms with Gasteiger partial charge in [-0.1, -0.05) is 0 Å². The Balaban J connectivity index is 2.47. The van der Waals surface area contributed by atoms with Crippen molar-refractivity contribution in [1.29, 1.82) is 0 Å². The molecule has 0 fully saturated rings. The Morgan fingerprint density at radius 1 is 1.64 bits per heavy atom. The summed E-state index contributed by atoms with van der Waals surface area (Å²) in [5, 5.41) is 3.00. The SMILES string of the molecule is CC(C)NC(N)=NCc1ccncn1. The molecule has 0 amide bonds. The monoisotopic (exact) mass is 193 g/mol. The molecule has 5 heteroatoms. The van der Waals surface area contributed by atoms with Gasteiger partial charge in [0.1, 0.15) is 6.33 Å². The van der Waals surface area contributed by atoms with Gasteiger partial charge >= 0.3 is 0 Å². The van der Waals surface area contributed by atoms with Crippen LogP contribution in [0, 0.1) is 0 Å². The van der Waals surface area contributed by atoms with Crippen LogP contribution in [0.15, 0.2) is 23.6 Å². The number of nitrogens with one attached hydrogen (secondary N) is 1. The molecule has 0 unspecified atom stereocenters. The first-order valence-electron chi connectivity index (χ1n) is 4.50. The molecule has 1 aromatic rings. The highest BCUT2D eigenvalue weighted by atomic mass is 15.1. The van der Waals surface area contributed by atoms with Crippen LogP contribution in [-0.2, 0) is 6.54 Å². The van der Waals surface area contributed by atoms with E-state index in [-0.39, 0.29) is 0 Å². The molecular formula is C9H15N5. The third kappa shape index (κ3) is 3.84. The van der Waals surface area contributed by atoms with Crippen LogP contribution in [0.4, 0.5) is 0 Å². The van der Waals surface area contributed by atoms with Gasteiger partial charge < -0.3 is 11.1 Å². The second-order valence-corrected chi connectivity index (χ2v) is 3.20. The maximum atomic E-state index is 5.62. The number of hydrogen-bond donors (Lipinski definition) is 2. The van der Waals surface area contributed by atoms with E-state index in [1.54, 1.807) is 6.20 Å². The summed E-state index contributed by atoms with van der Waals surface area (Å²) < 4.78 is 0. The zero-order valence-corrected chi connectivity index (χ0v) is 8.44. The molecule has 0 aliphatic carbocycles. The average molecular weight is 193 g/mol.